The maximum atomic E-state index is 10.3. The van der Waals surface area contributed by atoms with Gasteiger partial charge in [0.25, 0.3) is 0 Å². The van der Waals surface area contributed by atoms with Crippen molar-refractivity contribution >= 4 is 23.3 Å². The Bertz CT molecular complexity index is 2000. The first kappa shape index (κ1) is 21.1. The normalized spacial score (nSPS) is 12.8. The van der Waals surface area contributed by atoms with E-state index in [0.29, 0.717) is 0 Å². The van der Waals surface area contributed by atoms with Crippen molar-refractivity contribution in [2.75, 3.05) is 0 Å². The van der Waals surface area contributed by atoms with Crippen molar-refractivity contribution in [3.8, 4) is 5.75 Å². The third kappa shape index (κ3) is 3.93. The van der Waals surface area contributed by atoms with Crippen molar-refractivity contribution in [2.24, 2.45) is 0 Å². The minimum atomic E-state index is 0.230. The van der Waals surface area contributed by atoms with Gasteiger partial charge >= 0.3 is 0 Å². The van der Waals surface area contributed by atoms with E-state index in [1.165, 1.54) is 0 Å². The van der Waals surface area contributed by atoms with E-state index in [9.17, 15) is 5.11 Å². The van der Waals surface area contributed by atoms with Crippen LogP contribution >= 0.6 is 0 Å². The van der Waals surface area contributed by atoms with Crippen LogP contribution in [-0.4, -0.2) is 25.0 Å². The fourth-order valence-corrected chi connectivity index (χ4v) is 5.08. The molecule has 5 heteroatoms. The van der Waals surface area contributed by atoms with Gasteiger partial charge in [-0.3, -0.25) is 0 Å². The number of aromatic nitrogens is 4. The number of fused-ring (bicyclic) bond motifs is 8. The van der Waals surface area contributed by atoms with E-state index in [0.717, 1.165) is 66.4 Å². The van der Waals surface area contributed by atoms with Crippen LogP contribution in [0.15, 0.2) is 103 Å². The highest BCUT2D eigenvalue weighted by Crippen LogP contribution is 2.26. The fourth-order valence-electron chi connectivity index (χ4n) is 5.08. The Labute approximate surface area is 212 Å². The van der Waals surface area contributed by atoms with Gasteiger partial charge in [-0.25, -0.2) is 0 Å². The molecule has 0 fully saturated rings. The summed E-state index contributed by atoms with van der Waals surface area (Å²) in [6.07, 6.45) is 4.21. The van der Waals surface area contributed by atoms with E-state index in [2.05, 4.69) is 105 Å². The van der Waals surface area contributed by atoms with Crippen LogP contribution in [0.3, 0.4) is 0 Å². The number of phenolic OH excluding ortho intramolecular Hbond substituents is 1. The fraction of sp³-hybridized carbons (Fsp3) is 0. The highest BCUT2D eigenvalue weighted by Gasteiger charge is 2.14. The molecule has 37 heavy (non-hydrogen) atoms. The number of benzene rings is 2. The maximum absolute atomic E-state index is 10.3. The van der Waals surface area contributed by atoms with E-state index in [-0.39, 0.29) is 5.75 Å². The topological polar surface area (TPSA) is 83.4 Å². The van der Waals surface area contributed by atoms with Crippen molar-refractivity contribution in [1.82, 2.24) is 19.9 Å². The van der Waals surface area contributed by atoms with Gasteiger partial charge in [0.15, 0.2) is 0 Å². The Hall–Kier alpha value is -5.16. The number of rotatable bonds is 2. The van der Waals surface area contributed by atoms with Crippen molar-refractivity contribution in [3.63, 3.8) is 0 Å². The Morgan fingerprint density at radius 2 is 1.05 bits per heavy atom. The molecule has 0 radical (unpaired) electrons. The monoisotopic (exact) mass is 480 g/mol. The highest BCUT2D eigenvalue weighted by atomic mass is 16.3. The molecule has 4 aromatic heterocycles. The molecule has 0 saturated heterocycles. The molecule has 2 aromatic carbocycles. The van der Waals surface area contributed by atoms with E-state index in [1.807, 2.05) is 18.2 Å². The molecular formula is C32H24N4O. The predicted octanol–water partition coefficient (Wildman–Crippen LogP) is 3.17. The van der Waals surface area contributed by atoms with Crippen LogP contribution in [-0.2, 0) is 0 Å². The van der Waals surface area contributed by atoms with Crippen molar-refractivity contribution in [3.05, 3.63) is 158 Å². The molecule has 6 aromatic rings. The second-order valence-electron chi connectivity index (χ2n) is 9.26. The summed E-state index contributed by atoms with van der Waals surface area (Å²) < 4.78 is 0. The van der Waals surface area contributed by atoms with E-state index in [4.69, 9.17) is 0 Å². The standard InChI is InChI=1S/C32H24N4O/c37-26-8-4-7-21(17-26)32-28-14-12-25(35-28)19-23-10-9-22(33-23)18-24-11-13-27(34-24)31(20-5-2-1-3-6-20)29-15-16-30(32)36-29/h1-19,33-37H. The molecule has 0 saturated carbocycles. The van der Waals surface area contributed by atoms with Crippen LogP contribution in [0.1, 0.15) is 33.9 Å². The Morgan fingerprint density at radius 1 is 0.459 bits per heavy atom. The summed E-state index contributed by atoms with van der Waals surface area (Å²) >= 11 is 0. The summed E-state index contributed by atoms with van der Waals surface area (Å²) in [5.74, 6) is 0.230. The second kappa shape index (κ2) is 8.50. The second-order valence-corrected chi connectivity index (χ2v) is 9.26. The number of nitrogens with one attached hydrogen (secondary N) is 4. The summed E-state index contributed by atoms with van der Waals surface area (Å²) in [7, 11) is 0. The molecule has 8 bridgehead atoms. The summed E-state index contributed by atoms with van der Waals surface area (Å²) in [4.78, 5) is 14.3. The van der Waals surface area contributed by atoms with E-state index >= 15 is 0 Å². The third-order valence-corrected chi connectivity index (χ3v) is 6.73. The molecule has 5 N–H and O–H groups in total. The molecule has 7 rings (SSSR count). The minimum Gasteiger partial charge on any atom is -0.508 e. The summed E-state index contributed by atoms with van der Waals surface area (Å²) in [5, 5.41) is 14.3. The molecular weight excluding hydrogens is 456 g/mol. The number of hydrogen-bond acceptors (Lipinski definition) is 1. The first-order chi connectivity index (χ1) is 18.2. The summed E-state index contributed by atoms with van der Waals surface area (Å²) in [6, 6.07) is 34.5. The van der Waals surface area contributed by atoms with Crippen LogP contribution in [0.5, 0.6) is 5.75 Å². The lowest BCUT2D eigenvalue weighted by molar-refractivity contribution is 0.475. The Morgan fingerprint density at radius 3 is 1.68 bits per heavy atom. The van der Waals surface area contributed by atoms with Gasteiger partial charge in [-0.2, -0.15) is 0 Å². The average molecular weight is 481 g/mol. The minimum absolute atomic E-state index is 0.230. The van der Waals surface area contributed by atoms with Crippen LogP contribution in [0.2, 0.25) is 0 Å². The van der Waals surface area contributed by atoms with Crippen LogP contribution in [0.4, 0.5) is 0 Å². The average Bonchev–Trinajstić information content (AvgIpc) is 3.71. The number of aromatic hydroxyl groups is 1. The smallest absolute Gasteiger partial charge is 0.116 e. The number of hydrogen-bond donors (Lipinski definition) is 5. The van der Waals surface area contributed by atoms with E-state index < -0.39 is 0 Å². The lowest BCUT2D eigenvalue weighted by Crippen LogP contribution is -2.16. The number of phenols is 1. The van der Waals surface area contributed by atoms with Crippen molar-refractivity contribution in [2.45, 2.75) is 0 Å². The van der Waals surface area contributed by atoms with Crippen LogP contribution in [0.25, 0.3) is 23.3 Å². The largest absolute Gasteiger partial charge is 0.508 e. The highest BCUT2D eigenvalue weighted by molar-refractivity contribution is 5.82. The molecule has 0 spiro atoms. The Kier molecular flexibility index (Phi) is 4.86. The first-order valence-corrected chi connectivity index (χ1v) is 12.3. The SMILES string of the molecule is Oc1cccc(C2=c3ccc([nH]3)=Cc3ccc([nH]3)C=c3ccc([nH]3)=C(c3ccccc3)c3ccc2[nH]3)c1. The van der Waals surface area contributed by atoms with E-state index in [1.54, 1.807) is 12.1 Å². The zero-order valence-corrected chi connectivity index (χ0v) is 19.9. The number of aromatic amines is 4. The maximum Gasteiger partial charge on any atom is 0.116 e. The molecule has 1 aliphatic rings. The Balaban J connectivity index is 1.58. The lowest BCUT2D eigenvalue weighted by atomic mass is 10.0. The molecule has 0 amide bonds. The quantitative estimate of drug-likeness (QED) is 0.259. The molecule has 0 aliphatic carbocycles. The van der Waals surface area contributed by atoms with Gasteiger partial charge in [0.05, 0.1) is 0 Å². The van der Waals surface area contributed by atoms with Gasteiger partial charge in [0.1, 0.15) is 5.75 Å². The molecule has 5 nitrogen and oxygen atoms in total. The zero-order chi connectivity index (χ0) is 24.8. The van der Waals surface area contributed by atoms with Gasteiger partial charge in [-0.1, -0.05) is 42.5 Å². The molecule has 0 unspecified atom stereocenters. The van der Waals surface area contributed by atoms with Gasteiger partial charge in [-0.05, 0) is 83.9 Å². The third-order valence-electron chi connectivity index (χ3n) is 6.73. The lowest BCUT2D eigenvalue weighted by Gasteiger charge is -2.08. The van der Waals surface area contributed by atoms with Crippen LogP contribution < -0.4 is 21.4 Å². The van der Waals surface area contributed by atoms with Crippen LogP contribution in [0, 0.1) is 0 Å². The predicted molar refractivity (Wildman–Crippen MR) is 147 cm³/mol. The number of H-pyrrole nitrogens is 4. The van der Waals surface area contributed by atoms with Gasteiger partial charge in [-0.15, -0.1) is 0 Å². The summed E-state index contributed by atoms with van der Waals surface area (Å²) in [5.41, 5.74) is 8.09. The molecule has 0 atom stereocenters. The first-order valence-electron chi connectivity index (χ1n) is 12.3. The molecule has 178 valence electrons. The van der Waals surface area contributed by atoms with Crippen molar-refractivity contribution < 1.29 is 5.11 Å². The molecule has 5 heterocycles. The van der Waals surface area contributed by atoms with Gasteiger partial charge in [0, 0.05) is 55.3 Å². The van der Waals surface area contributed by atoms with Gasteiger partial charge in [0.2, 0.25) is 0 Å². The van der Waals surface area contributed by atoms with Crippen molar-refractivity contribution in [1.29, 1.82) is 0 Å². The zero-order valence-electron chi connectivity index (χ0n) is 19.9. The van der Waals surface area contributed by atoms with Gasteiger partial charge < -0.3 is 25.0 Å². The molecule has 1 aliphatic heterocycles. The summed E-state index contributed by atoms with van der Waals surface area (Å²) in [6.45, 7) is 0.